The molecule has 102 valence electrons. The second-order valence-electron chi connectivity index (χ2n) is 5.55. The molecule has 1 N–H and O–H groups in total. The Kier molecular flexibility index (Phi) is 5.15. The Morgan fingerprint density at radius 3 is 3.00 bits per heavy atom. The van der Waals surface area contributed by atoms with Crippen LogP contribution in [0.25, 0.3) is 0 Å². The van der Waals surface area contributed by atoms with Gasteiger partial charge in [-0.25, -0.2) is 4.98 Å². The van der Waals surface area contributed by atoms with Crippen molar-refractivity contribution in [3.63, 3.8) is 0 Å². The van der Waals surface area contributed by atoms with Crippen molar-refractivity contribution < 1.29 is 0 Å². The molecule has 1 saturated heterocycles. The highest BCUT2D eigenvalue weighted by Crippen LogP contribution is 2.17. The van der Waals surface area contributed by atoms with Crippen LogP contribution in [0.1, 0.15) is 32.9 Å². The minimum Gasteiger partial charge on any atom is -0.311 e. The summed E-state index contributed by atoms with van der Waals surface area (Å²) >= 11 is 1.70. The van der Waals surface area contributed by atoms with E-state index in [4.69, 9.17) is 0 Å². The van der Waals surface area contributed by atoms with Gasteiger partial charge in [0.25, 0.3) is 0 Å². The highest BCUT2D eigenvalue weighted by Gasteiger charge is 2.28. The van der Waals surface area contributed by atoms with Crippen molar-refractivity contribution in [3.05, 3.63) is 16.6 Å². The molecule has 0 amide bonds. The Balaban J connectivity index is 1.92. The molecule has 3 nitrogen and oxygen atoms in total. The fourth-order valence-electron chi connectivity index (χ4n) is 2.71. The SMILES string of the molecule is CCC1CN(CCc2cscn2)C(C(C)C)CN1. The van der Waals surface area contributed by atoms with Crippen LogP contribution >= 0.6 is 11.3 Å². The maximum absolute atomic E-state index is 4.39. The van der Waals surface area contributed by atoms with Crippen LogP contribution in [0.4, 0.5) is 0 Å². The number of piperazine rings is 1. The summed E-state index contributed by atoms with van der Waals surface area (Å²) in [5.41, 5.74) is 3.18. The Morgan fingerprint density at radius 1 is 1.56 bits per heavy atom. The van der Waals surface area contributed by atoms with E-state index in [-0.39, 0.29) is 0 Å². The molecule has 0 bridgehead atoms. The van der Waals surface area contributed by atoms with Crippen LogP contribution in [-0.2, 0) is 6.42 Å². The van der Waals surface area contributed by atoms with Gasteiger partial charge in [-0.15, -0.1) is 11.3 Å². The fraction of sp³-hybridized carbons (Fsp3) is 0.786. The van der Waals surface area contributed by atoms with Crippen LogP contribution < -0.4 is 5.32 Å². The highest BCUT2D eigenvalue weighted by molar-refractivity contribution is 7.07. The molecule has 2 rings (SSSR count). The van der Waals surface area contributed by atoms with Crippen molar-refractivity contribution in [2.24, 2.45) is 5.92 Å². The summed E-state index contributed by atoms with van der Waals surface area (Å²) in [5.74, 6) is 0.714. The largest absolute Gasteiger partial charge is 0.311 e. The lowest BCUT2D eigenvalue weighted by molar-refractivity contribution is 0.0983. The molecule has 0 saturated carbocycles. The number of rotatable bonds is 5. The Labute approximate surface area is 115 Å². The van der Waals surface area contributed by atoms with E-state index in [0.29, 0.717) is 18.0 Å². The zero-order chi connectivity index (χ0) is 13.0. The molecule has 0 aliphatic carbocycles. The van der Waals surface area contributed by atoms with E-state index in [1.807, 2.05) is 5.51 Å². The molecule has 4 heteroatoms. The molecular weight excluding hydrogens is 242 g/mol. The summed E-state index contributed by atoms with van der Waals surface area (Å²) in [5, 5.41) is 5.84. The quantitative estimate of drug-likeness (QED) is 0.888. The van der Waals surface area contributed by atoms with E-state index in [1.54, 1.807) is 11.3 Å². The van der Waals surface area contributed by atoms with Gasteiger partial charge in [-0.1, -0.05) is 20.8 Å². The van der Waals surface area contributed by atoms with E-state index in [0.717, 1.165) is 19.5 Å². The normalized spacial score (nSPS) is 25.8. The minimum atomic E-state index is 0.662. The molecule has 0 spiro atoms. The molecule has 2 unspecified atom stereocenters. The van der Waals surface area contributed by atoms with Crippen LogP contribution in [0.3, 0.4) is 0 Å². The third-order valence-corrected chi connectivity index (χ3v) is 4.58. The predicted molar refractivity (Wildman–Crippen MR) is 78.1 cm³/mol. The second-order valence-corrected chi connectivity index (χ2v) is 6.27. The van der Waals surface area contributed by atoms with Crippen molar-refractivity contribution in [2.45, 2.75) is 45.7 Å². The molecule has 1 aromatic rings. The van der Waals surface area contributed by atoms with Gasteiger partial charge in [-0.05, 0) is 12.3 Å². The Bertz CT molecular complexity index is 337. The number of aromatic nitrogens is 1. The number of nitrogens with one attached hydrogen (secondary N) is 1. The van der Waals surface area contributed by atoms with Crippen LogP contribution in [0.2, 0.25) is 0 Å². The van der Waals surface area contributed by atoms with Gasteiger partial charge in [0.15, 0.2) is 0 Å². The van der Waals surface area contributed by atoms with Gasteiger partial charge < -0.3 is 5.32 Å². The number of nitrogens with zero attached hydrogens (tertiary/aromatic N) is 2. The molecular formula is C14H25N3S. The first kappa shape index (κ1) is 14.0. The van der Waals surface area contributed by atoms with E-state index in [2.05, 4.69) is 41.4 Å². The monoisotopic (exact) mass is 267 g/mol. The van der Waals surface area contributed by atoms with Crippen molar-refractivity contribution in [3.8, 4) is 0 Å². The van der Waals surface area contributed by atoms with Crippen LogP contribution in [-0.4, -0.2) is 41.6 Å². The number of hydrogen-bond acceptors (Lipinski definition) is 4. The average molecular weight is 267 g/mol. The smallest absolute Gasteiger partial charge is 0.0794 e. The van der Waals surface area contributed by atoms with Gasteiger partial charge in [0.1, 0.15) is 0 Å². The first-order valence-electron chi connectivity index (χ1n) is 7.05. The zero-order valence-electron chi connectivity index (χ0n) is 11.7. The van der Waals surface area contributed by atoms with Crippen molar-refractivity contribution in [2.75, 3.05) is 19.6 Å². The van der Waals surface area contributed by atoms with Crippen molar-refractivity contribution >= 4 is 11.3 Å². The minimum absolute atomic E-state index is 0.662. The molecule has 2 atom stereocenters. The molecule has 1 aromatic heterocycles. The summed E-state index contributed by atoms with van der Waals surface area (Å²) in [6.07, 6.45) is 2.31. The molecule has 1 aliphatic rings. The standard InChI is InChI=1S/C14H25N3S/c1-4-12-8-17(14(7-15-12)11(2)3)6-5-13-9-18-10-16-13/h9-12,14-15H,4-8H2,1-3H3. The van der Waals surface area contributed by atoms with Crippen LogP contribution in [0.15, 0.2) is 10.9 Å². The molecule has 2 heterocycles. The van der Waals surface area contributed by atoms with Gasteiger partial charge >= 0.3 is 0 Å². The molecule has 0 radical (unpaired) electrons. The third-order valence-electron chi connectivity index (χ3n) is 3.94. The van der Waals surface area contributed by atoms with E-state index in [1.165, 1.54) is 18.7 Å². The van der Waals surface area contributed by atoms with Gasteiger partial charge in [0, 0.05) is 43.5 Å². The lowest BCUT2D eigenvalue weighted by Gasteiger charge is -2.42. The van der Waals surface area contributed by atoms with Gasteiger partial charge in [-0.2, -0.15) is 0 Å². The summed E-state index contributed by atoms with van der Waals surface area (Å²) in [7, 11) is 0. The first-order valence-corrected chi connectivity index (χ1v) is 7.99. The maximum atomic E-state index is 4.39. The van der Waals surface area contributed by atoms with E-state index >= 15 is 0 Å². The molecule has 1 aliphatic heterocycles. The first-order chi connectivity index (χ1) is 8.70. The molecule has 18 heavy (non-hydrogen) atoms. The van der Waals surface area contributed by atoms with Gasteiger partial charge in [0.2, 0.25) is 0 Å². The van der Waals surface area contributed by atoms with E-state index < -0.39 is 0 Å². The molecule has 1 fully saturated rings. The van der Waals surface area contributed by atoms with Gasteiger partial charge in [-0.3, -0.25) is 4.90 Å². The summed E-state index contributed by atoms with van der Waals surface area (Å²) < 4.78 is 0. The summed E-state index contributed by atoms with van der Waals surface area (Å²) in [6, 6.07) is 1.34. The summed E-state index contributed by atoms with van der Waals surface area (Å²) in [6.45, 7) is 10.4. The fourth-order valence-corrected chi connectivity index (χ4v) is 3.30. The number of hydrogen-bond donors (Lipinski definition) is 1. The van der Waals surface area contributed by atoms with E-state index in [9.17, 15) is 0 Å². The summed E-state index contributed by atoms with van der Waals surface area (Å²) in [4.78, 5) is 7.05. The maximum Gasteiger partial charge on any atom is 0.0794 e. The second kappa shape index (κ2) is 6.64. The van der Waals surface area contributed by atoms with Crippen LogP contribution in [0.5, 0.6) is 0 Å². The number of thiazole rings is 1. The van der Waals surface area contributed by atoms with Gasteiger partial charge in [0.05, 0.1) is 11.2 Å². The Hall–Kier alpha value is -0.450. The predicted octanol–water partition coefficient (Wildman–Crippen LogP) is 2.39. The van der Waals surface area contributed by atoms with Crippen molar-refractivity contribution in [1.29, 1.82) is 0 Å². The zero-order valence-corrected chi connectivity index (χ0v) is 12.5. The van der Waals surface area contributed by atoms with Crippen LogP contribution in [0, 0.1) is 5.92 Å². The lowest BCUT2D eigenvalue weighted by Crippen LogP contribution is -2.58. The molecule has 0 aromatic carbocycles. The van der Waals surface area contributed by atoms with Crippen molar-refractivity contribution in [1.82, 2.24) is 15.2 Å². The lowest BCUT2D eigenvalue weighted by atomic mass is 9.97. The highest BCUT2D eigenvalue weighted by atomic mass is 32.1. The third kappa shape index (κ3) is 3.53. The Morgan fingerprint density at radius 2 is 2.39 bits per heavy atom. The topological polar surface area (TPSA) is 28.2 Å². The average Bonchev–Trinajstić information content (AvgIpc) is 2.88.